The summed E-state index contributed by atoms with van der Waals surface area (Å²) in [5.41, 5.74) is 39.3. The minimum absolute atomic E-state index is 0.0152. The van der Waals surface area contributed by atoms with Gasteiger partial charge in [-0.3, -0.25) is 58.1 Å². The van der Waals surface area contributed by atoms with Crippen LogP contribution in [-0.2, 0) is 47.9 Å². The lowest BCUT2D eigenvalue weighted by Gasteiger charge is -2.29. The number of aliphatic carboxylic acids is 1. The van der Waals surface area contributed by atoms with E-state index in [1.807, 2.05) is 13.8 Å². The van der Waals surface area contributed by atoms with Crippen LogP contribution in [0.25, 0.3) is 0 Å². The molecule has 2 heterocycles. The molecular formula is C50H91N19O11. The zero-order valence-electron chi connectivity index (χ0n) is 47.3. The fourth-order valence-corrected chi connectivity index (χ4v) is 9.15. The number of nitrogens with two attached hydrogens (primary N) is 7. The average molecular weight is 1130 g/mol. The van der Waals surface area contributed by atoms with Gasteiger partial charge in [0.1, 0.15) is 42.3 Å². The van der Waals surface area contributed by atoms with Gasteiger partial charge in [-0.05, 0) is 94.8 Å². The van der Waals surface area contributed by atoms with E-state index in [2.05, 4.69) is 52.2 Å². The molecular weight excluding hydrogens is 1040 g/mol. The summed E-state index contributed by atoms with van der Waals surface area (Å²) < 4.78 is 0. The first kappa shape index (κ1) is 68.6. The molecule has 452 valence electrons. The van der Waals surface area contributed by atoms with E-state index in [1.54, 1.807) is 27.7 Å². The van der Waals surface area contributed by atoms with Crippen molar-refractivity contribution >= 4 is 77.0 Å². The standard InChI is InChI=1S/C50H91N19O11/c1-7-29(6)39(47(79)80)67-37(70)25-61-41(73)34(24-28(4)5)66-43(75)33(15-10-20-60-50(56)57)64-44(76)35-16-11-21-68(35)38(71)26-62-40(72)31(13-8-18-58-48(52)53)63-42(74)32(14-9-19-59-49(54)55)65-45(77)36-17-12-22-69(36)46(78)30(51)23-27(2)3/h27-36,39H,7-26,51H2,1-6H3,(H,61,73)(H,62,72)(H,63,74)(H,64,76)(H,65,77)(H,66,75)(H,67,70)(H,79,80)(H4,52,53,58)(H4,54,55,59)(H4,56,57,60)/t29-,30-,31-,32-,33-,34-,35-,36-,39-/m0/s1. The van der Waals surface area contributed by atoms with E-state index in [-0.39, 0.29) is 113 Å². The van der Waals surface area contributed by atoms with Crippen molar-refractivity contribution in [2.45, 2.75) is 173 Å². The Morgan fingerprint density at radius 2 is 0.963 bits per heavy atom. The van der Waals surface area contributed by atoms with Crippen LogP contribution in [0, 0.1) is 17.8 Å². The number of nitrogens with zero attached hydrogens (tertiary/aromatic N) is 5. The fourth-order valence-electron chi connectivity index (χ4n) is 9.15. The Labute approximate surface area is 467 Å². The Morgan fingerprint density at radius 1 is 0.550 bits per heavy atom. The van der Waals surface area contributed by atoms with E-state index in [0.717, 1.165) is 0 Å². The quantitative estimate of drug-likeness (QED) is 0.0161. The van der Waals surface area contributed by atoms with Crippen molar-refractivity contribution in [3.63, 3.8) is 0 Å². The highest BCUT2D eigenvalue weighted by Gasteiger charge is 2.40. The number of likely N-dealkylation sites (tertiary alicyclic amines) is 2. The average Bonchev–Trinajstić information content (AvgIpc) is 4.10. The number of carbonyl (C=O) groups excluding carboxylic acids is 9. The van der Waals surface area contributed by atoms with E-state index < -0.39 is 121 Å². The molecule has 2 aliphatic rings. The topological polar surface area (TPSA) is 501 Å². The first-order valence-electron chi connectivity index (χ1n) is 27.5. The number of carboxylic acid groups (broad SMARTS) is 1. The van der Waals surface area contributed by atoms with Crippen LogP contribution >= 0.6 is 0 Å². The minimum Gasteiger partial charge on any atom is -0.480 e. The van der Waals surface area contributed by atoms with Gasteiger partial charge in [-0.15, -0.1) is 0 Å². The lowest BCUT2D eigenvalue weighted by molar-refractivity contribution is -0.143. The zero-order chi connectivity index (χ0) is 60.2. The van der Waals surface area contributed by atoms with E-state index in [0.29, 0.717) is 38.6 Å². The molecule has 22 N–H and O–H groups in total. The lowest BCUT2D eigenvalue weighted by Crippen LogP contribution is -2.58. The maximum atomic E-state index is 14.1. The molecule has 0 unspecified atom stereocenters. The number of amides is 9. The fraction of sp³-hybridized carbons (Fsp3) is 0.740. The largest absolute Gasteiger partial charge is 0.480 e. The van der Waals surface area contributed by atoms with E-state index in [9.17, 15) is 53.1 Å². The van der Waals surface area contributed by atoms with Crippen molar-refractivity contribution in [1.82, 2.24) is 47.0 Å². The summed E-state index contributed by atoms with van der Waals surface area (Å²) in [5, 5.41) is 27.8. The third-order valence-corrected chi connectivity index (χ3v) is 13.5. The van der Waals surface area contributed by atoms with Crippen molar-refractivity contribution in [1.29, 1.82) is 0 Å². The second kappa shape index (κ2) is 35.2. The smallest absolute Gasteiger partial charge is 0.326 e. The summed E-state index contributed by atoms with van der Waals surface area (Å²) in [6.45, 7) is 10.4. The normalized spacial score (nSPS) is 17.5. The van der Waals surface area contributed by atoms with Crippen LogP contribution in [0.1, 0.15) is 125 Å². The summed E-state index contributed by atoms with van der Waals surface area (Å²) >= 11 is 0. The molecule has 30 nitrogen and oxygen atoms in total. The van der Waals surface area contributed by atoms with Crippen LogP contribution in [0.3, 0.4) is 0 Å². The Balaban J connectivity index is 2.30. The third kappa shape index (κ3) is 24.6. The highest BCUT2D eigenvalue weighted by atomic mass is 16.4. The van der Waals surface area contributed by atoms with Crippen molar-refractivity contribution in [2.75, 3.05) is 45.8 Å². The number of carbonyl (C=O) groups is 10. The first-order chi connectivity index (χ1) is 37.7. The molecule has 30 heteroatoms. The molecule has 0 bridgehead atoms. The van der Waals surface area contributed by atoms with Crippen molar-refractivity contribution < 1.29 is 53.1 Å². The Bertz CT molecular complexity index is 2200. The second-order valence-corrected chi connectivity index (χ2v) is 21.1. The molecule has 0 aromatic rings. The van der Waals surface area contributed by atoms with E-state index >= 15 is 0 Å². The maximum Gasteiger partial charge on any atom is 0.326 e. The Kier molecular flexibility index (Phi) is 30.1. The lowest BCUT2D eigenvalue weighted by atomic mass is 9.99. The molecule has 80 heavy (non-hydrogen) atoms. The van der Waals surface area contributed by atoms with Crippen LogP contribution < -0.4 is 77.4 Å². The number of rotatable bonds is 35. The SMILES string of the molecule is CC[C@H](C)[C@H](NC(=O)CNC(=O)[C@H](CC(C)C)NC(=O)[C@H](CCCN=C(N)N)NC(=O)[C@@H]1CCCN1C(=O)CNC(=O)[C@H](CCCN=C(N)N)NC(=O)[C@H](CCCN=C(N)N)NC(=O)[C@@H]1CCCN1C(=O)[C@@H](N)CC(C)C)C(=O)O. The monoisotopic (exact) mass is 1130 g/mol. The Morgan fingerprint density at radius 3 is 1.40 bits per heavy atom. The van der Waals surface area contributed by atoms with Gasteiger partial charge in [0.25, 0.3) is 0 Å². The van der Waals surface area contributed by atoms with Gasteiger partial charge in [-0.25, -0.2) is 4.79 Å². The molecule has 0 saturated carbocycles. The maximum absolute atomic E-state index is 14.1. The summed E-state index contributed by atoms with van der Waals surface area (Å²) in [4.78, 5) is 150. The molecule has 0 aromatic heterocycles. The molecule has 2 rings (SSSR count). The van der Waals surface area contributed by atoms with Crippen LogP contribution in [0.2, 0.25) is 0 Å². The van der Waals surface area contributed by atoms with Crippen LogP contribution in [-0.4, -0.2) is 186 Å². The number of nitrogens with one attached hydrogen (secondary N) is 7. The third-order valence-electron chi connectivity index (χ3n) is 13.5. The van der Waals surface area contributed by atoms with Crippen molar-refractivity contribution in [2.24, 2.45) is 72.9 Å². The summed E-state index contributed by atoms with van der Waals surface area (Å²) in [6, 6.07) is -9.01. The predicted octanol–water partition coefficient (Wildman–Crippen LogP) is -4.66. The number of guanidine groups is 3. The van der Waals surface area contributed by atoms with Gasteiger partial charge in [0, 0.05) is 32.7 Å². The molecule has 0 aliphatic carbocycles. The highest BCUT2D eigenvalue weighted by Crippen LogP contribution is 2.21. The highest BCUT2D eigenvalue weighted by molar-refractivity contribution is 5.98. The summed E-state index contributed by atoms with van der Waals surface area (Å²) in [7, 11) is 0. The molecule has 2 saturated heterocycles. The zero-order valence-corrected chi connectivity index (χ0v) is 47.3. The van der Waals surface area contributed by atoms with Crippen molar-refractivity contribution in [3.8, 4) is 0 Å². The summed E-state index contributed by atoms with van der Waals surface area (Å²) in [6.07, 6.45) is 3.00. The number of hydrogen-bond donors (Lipinski definition) is 15. The molecule has 0 spiro atoms. The van der Waals surface area contributed by atoms with Gasteiger partial charge < -0.3 is 92.3 Å². The van der Waals surface area contributed by atoms with Gasteiger partial charge in [0.15, 0.2) is 17.9 Å². The predicted molar refractivity (Wildman–Crippen MR) is 299 cm³/mol. The number of hydrogen-bond acceptors (Lipinski definition) is 14. The van der Waals surface area contributed by atoms with Gasteiger partial charge in [0.05, 0.1) is 19.1 Å². The van der Waals surface area contributed by atoms with E-state index in [4.69, 9.17) is 40.1 Å². The molecule has 9 amide bonds. The summed E-state index contributed by atoms with van der Waals surface area (Å²) in [5.74, 6) is -8.38. The number of carboxylic acids is 1. The second-order valence-electron chi connectivity index (χ2n) is 21.1. The van der Waals surface area contributed by atoms with Crippen LogP contribution in [0.4, 0.5) is 0 Å². The minimum atomic E-state index is -1.30. The molecule has 9 atom stereocenters. The van der Waals surface area contributed by atoms with Gasteiger partial charge in [-0.2, -0.15) is 0 Å². The molecule has 0 aromatic carbocycles. The van der Waals surface area contributed by atoms with Crippen LogP contribution in [0.5, 0.6) is 0 Å². The van der Waals surface area contributed by atoms with Crippen LogP contribution in [0.15, 0.2) is 15.0 Å². The Hall–Kier alpha value is -7.53. The van der Waals surface area contributed by atoms with E-state index in [1.165, 1.54) is 9.80 Å². The molecule has 0 radical (unpaired) electrons. The van der Waals surface area contributed by atoms with Gasteiger partial charge in [-0.1, -0.05) is 48.0 Å². The van der Waals surface area contributed by atoms with Gasteiger partial charge >= 0.3 is 5.97 Å². The van der Waals surface area contributed by atoms with Crippen molar-refractivity contribution in [3.05, 3.63) is 0 Å². The first-order valence-corrected chi connectivity index (χ1v) is 27.5. The molecule has 2 fully saturated rings. The van der Waals surface area contributed by atoms with Gasteiger partial charge in [0.2, 0.25) is 53.2 Å². The molecule has 2 aliphatic heterocycles. The number of aliphatic imine (C=N–C) groups is 3.